The highest BCUT2D eigenvalue weighted by molar-refractivity contribution is 5.85. The van der Waals surface area contributed by atoms with E-state index in [1.54, 1.807) is 0 Å². The van der Waals surface area contributed by atoms with Crippen LogP contribution in [0.4, 0.5) is 0 Å². The van der Waals surface area contributed by atoms with Crippen LogP contribution in [-0.4, -0.2) is 60.4 Å². The number of carbonyl (C=O) groups excluding carboxylic acids is 2. The van der Waals surface area contributed by atoms with Crippen molar-refractivity contribution in [2.24, 2.45) is 5.92 Å². The Hall–Kier alpha value is -0.810. The minimum absolute atomic E-state index is 0. The average molecular weight is 358 g/mol. The Balaban J connectivity index is 0.00000208. The molecule has 5 nitrogen and oxygen atoms in total. The SMILES string of the molecule is Cl.O=C(CCC1CCCCC1)N1CCN(C(=O)C2CCCN2)CC1. The number of halogens is 1. The van der Waals surface area contributed by atoms with Gasteiger partial charge in [-0.05, 0) is 31.7 Å². The minimum Gasteiger partial charge on any atom is -0.339 e. The van der Waals surface area contributed by atoms with Crippen LogP contribution in [0.5, 0.6) is 0 Å². The van der Waals surface area contributed by atoms with E-state index in [9.17, 15) is 9.59 Å². The molecular weight excluding hydrogens is 326 g/mol. The molecule has 3 fully saturated rings. The lowest BCUT2D eigenvalue weighted by molar-refractivity contribution is -0.140. The van der Waals surface area contributed by atoms with E-state index in [-0.39, 0.29) is 24.4 Å². The first kappa shape index (κ1) is 19.5. The maximum Gasteiger partial charge on any atom is 0.239 e. The second-order valence-corrected chi connectivity index (χ2v) is 7.40. The summed E-state index contributed by atoms with van der Waals surface area (Å²) in [7, 11) is 0. The van der Waals surface area contributed by atoms with E-state index in [2.05, 4.69) is 5.32 Å². The van der Waals surface area contributed by atoms with Gasteiger partial charge in [0.1, 0.15) is 0 Å². The van der Waals surface area contributed by atoms with Gasteiger partial charge >= 0.3 is 0 Å². The third kappa shape index (κ3) is 5.09. The van der Waals surface area contributed by atoms with Crippen LogP contribution in [0.1, 0.15) is 57.8 Å². The fourth-order valence-corrected chi connectivity index (χ4v) is 4.25. The van der Waals surface area contributed by atoms with Gasteiger partial charge in [0.05, 0.1) is 6.04 Å². The van der Waals surface area contributed by atoms with Crippen molar-refractivity contribution >= 4 is 24.2 Å². The van der Waals surface area contributed by atoms with Gasteiger partial charge in [-0.3, -0.25) is 9.59 Å². The van der Waals surface area contributed by atoms with Crippen molar-refractivity contribution in [2.75, 3.05) is 32.7 Å². The van der Waals surface area contributed by atoms with Crippen LogP contribution < -0.4 is 5.32 Å². The van der Waals surface area contributed by atoms with Crippen LogP contribution in [0, 0.1) is 5.92 Å². The second-order valence-electron chi connectivity index (χ2n) is 7.40. The zero-order chi connectivity index (χ0) is 16.1. The summed E-state index contributed by atoms with van der Waals surface area (Å²) in [5, 5.41) is 3.27. The molecule has 3 aliphatic rings. The van der Waals surface area contributed by atoms with Gasteiger partial charge in [0.15, 0.2) is 0 Å². The highest BCUT2D eigenvalue weighted by Gasteiger charge is 2.30. The van der Waals surface area contributed by atoms with Crippen LogP contribution >= 0.6 is 12.4 Å². The van der Waals surface area contributed by atoms with Crippen molar-refractivity contribution < 1.29 is 9.59 Å². The summed E-state index contributed by atoms with van der Waals surface area (Å²) in [6.45, 7) is 3.78. The Morgan fingerprint density at radius 2 is 1.54 bits per heavy atom. The summed E-state index contributed by atoms with van der Waals surface area (Å²) in [4.78, 5) is 28.7. The number of nitrogens with zero attached hydrogens (tertiary/aromatic N) is 2. The van der Waals surface area contributed by atoms with Crippen LogP contribution in [0.25, 0.3) is 0 Å². The van der Waals surface area contributed by atoms with Crippen molar-refractivity contribution in [3.8, 4) is 0 Å². The van der Waals surface area contributed by atoms with Crippen LogP contribution in [0.2, 0.25) is 0 Å². The normalized spacial score (nSPS) is 25.4. The smallest absolute Gasteiger partial charge is 0.239 e. The number of rotatable bonds is 4. The summed E-state index contributed by atoms with van der Waals surface area (Å²) >= 11 is 0. The van der Waals surface area contributed by atoms with Crippen molar-refractivity contribution in [3.05, 3.63) is 0 Å². The van der Waals surface area contributed by atoms with Crippen LogP contribution in [-0.2, 0) is 9.59 Å². The monoisotopic (exact) mass is 357 g/mol. The zero-order valence-electron chi connectivity index (χ0n) is 14.7. The van der Waals surface area contributed by atoms with Crippen LogP contribution in [0.3, 0.4) is 0 Å². The van der Waals surface area contributed by atoms with E-state index in [1.165, 1.54) is 32.1 Å². The largest absolute Gasteiger partial charge is 0.339 e. The number of nitrogens with one attached hydrogen (secondary N) is 1. The van der Waals surface area contributed by atoms with Gasteiger partial charge in [-0.25, -0.2) is 0 Å². The first-order valence-corrected chi connectivity index (χ1v) is 9.54. The molecule has 2 heterocycles. The topological polar surface area (TPSA) is 52.7 Å². The van der Waals surface area contributed by atoms with E-state index < -0.39 is 0 Å². The van der Waals surface area contributed by atoms with Crippen molar-refractivity contribution in [3.63, 3.8) is 0 Å². The summed E-state index contributed by atoms with van der Waals surface area (Å²) in [6.07, 6.45) is 10.5. The molecular formula is C18H32ClN3O2. The molecule has 0 aromatic rings. The maximum absolute atomic E-state index is 12.4. The molecule has 138 valence electrons. The molecule has 2 amide bonds. The van der Waals surface area contributed by atoms with Crippen molar-refractivity contribution in [1.82, 2.24) is 15.1 Å². The fourth-order valence-electron chi connectivity index (χ4n) is 4.25. The van der Waals surface area contributed by atoms with E-state index in [1.807, 2.05) is 9.80 Å². The molecule has 1 aliphatic carbocycles. The third-order valence-electron chi connectivity index (χ3n) is 5.79. The molecule has 6 heteroatoms. The Bertz CT molecular complexity index is 412. The zero-order valence-corrected chi connectivity index (χ0v) is 15.5. The highest BCUT2D eigenvalue weighted by atomic mass is 35.5. The van der Waals surface area contributed by atoms with Gasteiger partial charge in [-0.2, -0.15) is 0 Å². The quantitative estimate of drug-likeness (QED) is 0.839. The van der Waals surface area contributed by atoms with Crippen molar-refractivity contribution in [1.29, 1.82) is 0 Å². The summed E-state index contributed by atoms with van der Waals surface area (Å²) < 4.78 is 0. The Morgan fingerprint density at radius 1 is 0.875 bits per heavy atom. The van der Waals surface area contributed by atoms with E-state index in [0.29, 0.717) is 38.5 Å². The molecule has 3 rings (SSSR count). The number of amides is 2. The average Bonchev–Trinajstić information content (AvgIpc) is 3.15. The Kier molecular flexibility index (Phi) is 7.82. The van der Waals surface area contributed by atoms with Crippen molar-refractivity contribution in [2.45, 2.75) is 63.8 Å². The second kappa shape index (κ2) is 9.62. The fraction of sp³-hybridized carbons (Fsp3) is 0.889. The molecule has 24 heavy (non-hydrogen) atoms. The standard InChI is InChI=1S/C18H31N3O2.ClH/c22-17(9-8-15-5-2-1-3-6-15)20-11-13-21(14-12-20)18(23)16-7-4-10-19-16;/h15-16,19H,1-14H2;1H. The number of piperazine rings is 1. The van der Waals surface area contributed by atoms with E-state index >= 15 is 0 Å². The molecule has 0 aromatic carbocycles. The molecule has 2 saturated heterocycles. The van der Waals surface area contributed by atoms with Gasteiger partial charge < -0.3 is 15.1 Å². The molecule has 0 bridgehead atoms. The lowest BCUT2D eigenvalue weighted by Crippen LogP contribution is -2.54. The van der Waals surface area contributed by atoms with Gasteiger partial charge in [0.25, 0.3) is 0 Å². The molecule has 1 saturated carbocycles. The summed E-state index contributed by atoms with van der Waals surface area (Å²) in [6, 6.07) is 0.0172. The molecule has 0 aromatic heterocycles. The number of hydrogen-bond donors (Lipinski definition) is 1. The first-order valence-electron chi connectivity index (χ1n) is 9.54. The molecule has 1 N–H and O–H groups in total. The van der Waals surface area contributed by atoms with E-state index in [4.69, 9.17) is 0 Å². The Morgan fingerprint density at radius 3 is 2.17 bits per heavy atom. The predicted molar refractivity (Wildman–Crippen MR) is 97.2 cm³/mol. The number of hydrogen-bond acceptors (Lipinski definition) is 3. The van der Waals surface area contributed by atoms with Gasteiger partial charge in [0, 0.05) is 32.6 Å². The minimum atomic E-state index is 0. The van der Waals surface area contributed by atoms with Gasteiger partial charge in [-0.15, -0.1) is 12.4 Å². The lowest BCUT2D eigenvalue weighted by atomic mass is 9.86. The molecule has 0 spiro atoms. The third-order valence-corrected chi connectivity index (χ3v) is 5.79. The summed E-state index contributed by atoms with van der Waals surface area (Å²) in [5.41, 5.74) is 0. The number of carbonyl (C=O) groups is 2. The molecule has 0 radical (unpaired) electrons. The highest BCUT2D eigenvalue weighted by Crippen LogP contribution is 2.27. The van der Waals surface area contributed by atoms with Gasteiger partial charge in [-0.1, -0.05) is 32.1 Å². The molecule has 1 unspecified atom stereocenters. The Labute approximate surface area is 151 Å². The first-order chi connectivity index (χ1) is 11.2. The van der Waals surface area contributed by atoms with E-state index in [0.717, 1.165) is 31.7 Å². The van der Waals surface area contributed by atoms with Gasteiger partial charge in [0.2, 0.25) is 11.8 Å². The maximum atomic E-state index is 12.4. The predicted octanol–water partition coefficient (Wildman–Crippen LogP) is 2.19. The lowest BCUT2D eigenvalue weighted by Gasteiger charge is -2.36. The molecule has 2 aliphatic heterocycles. The van der Waals surface area contributed by atoms with Crippen LogP contribution in [0.15, 0.2) is 0 Å². The molecule has 1 atom stereocenters. The summed E-state index contributed by atoms with van der Waals surface area (Å²) in [5.74, 6) is 1.29.